The third-order valence-corrected chi connectivity index (χ3v) is 3.64. The van der Waals surface area contributed by atoms with Gasteiger partial charge in [-0.15, -0.1) is 0 Å². The van der Waals surface area contributed by atoms with Gasteiger partial charge in [0.1, 0.15) is 0 Å². The largest absolute Gasteiger partial charge is 0.731 e. The van der Waals surface area contributed by atoms with Gasteiger partial charge in [0.25, 0.3) is 0 Å². The fourth-order valence-corrected chi connectivity index (χ4v) is 1.88. The maximum absolute atomic E-state index is 2.20. The first-order valence-corrected chi connectivity index (χ1v) is 5.83. The van der Waals surface area contributed by atoms with Crippen LogP contribution in [0, 0.1) is 41.5 Å². The van der Waals surface area contributed by atoms with Crippen LogP contribution in [0.15, 0.2) is 24.3 Å². The maximum atomic E-state index is 2.20. The van der Waals surface area contributed by atoms with E-state index in [0.717, 1.165) is 0 Å². The first kappa shape index (κ1) is 16.2. The van der Waals surface area contributed by atoms with Crippen LogP contribution in [0.1, 0.15) is 33.4 Å². The molecule has 0 atom stereocenters. The molecule has 2 rings (SSSR count). The predicted molar refractivity (Wildman–Crippen MR) is 72.5 cm³/mol. The Hall–Kier alpha value is -0.781. The summed E-state index contributed by atoms with van der Waals surface area (Å²) in [5.74, 6) is 0. The van der Waals surface area contributed by atoms with Crippen molar-refractivity contribution in [3.63, 3.8) is 0 Å². The van der Waals surface area contributed by atoms with Crippen molar-refractivity contribution in [1.82, 2.24) is 0 Å². The van der Waals surface area contributed by atoms with Crippen molar-refractivity contribution in [1.29, 1.82) is 0 Å². The topological polar surface area (TPSA) is 0 Å². The summed E-state index contributed by atoms with van der Waals surface area (Å²) in [6, 6.07) is 8.24. The van der Waals surface area contributed by atoms with Crippen LogP contribution in [0.4, 0.5) is 0 Å². The molecule has 0 heterocycles. The van der Waals surface area contributed by atoms with E-state index in [1.54, 1.807) is 0 Å². The summed E-state index contributed by atoms with van der Waals surface area (Å²) in [4.78, 5) is 0. The maximum Gasteiger partial charge on any atom is 0 e. The van der Waals surface area contributed by atoms with E-state index in [1.807, 2.05) is 12.1 Å². The average molecular weight is 270 g/mol. The molecule has 100 valence electrons. The summed E-state index contributed by atoms with van der Waals surface area (Å²) >= 11 is 0. The van der Waals surface area contributed by atoms with Gasteiger partial charge in [0.05, 0.1) is 0 Å². The third kappa shape index (κ3) is 3.87. The normalized spacial score (nSPS) is 9.29. The summed E-state index contributed by atoms with van der Waals surface area (Å²) < 4.78 is 0. The van der Waals surface area contributed by atoms with Crippen LogP contribution in [0.2, 0.25) is 0 Å². The molecule has 0 fully saturated rings. The van der Waals surface area contributed by atoms with Crippen LogP contribution >= 0.6 is 0 Å². The van der Waals surface area contributed by atoms with Gasteiger partial charge < -0.3 is 27.8 Å². The second kappa shape index (κ2) is 6.83. The Kier molecular flexibility index (Phi) is 6.52. The molecule has 0 radical (unpaired) electrons. The molecule has 0 bridgehead atoms. The molecule has 0 amide bonds. The molecular formula is C16H22Fe-6. The van der Waals surface area contributed by atoms with Gasteiger partial charge in [-0.3, -0.25) is 0 Å². The first-order valence-electron chi connectivity index (χ1n) is 5.83. The predicted octanol–water partition coefficient (Wildman–Crippen LogP) is 4.66. The zero-order chi connectivity index (χ0) is 12.3. The molecular weight excluding hydrogens is 248 g/mol. The Labute approximate surface area is 116 Å². The second-order valence-electron chi connectivity index (χ2n) is 4.59. The molecule has 2 aromatic carbocycles. The zero-order valence-corrected chi connectivity index (χ0v) is 12.8. The van der Waals surface area contributed by atoms with Gasteiger partial charge in [-0.2, -0.15) is 17.7 Å². The molecule has 1 heteroatoms. The van der Waals surface area contributed by atoms with Crippen molar-refractivity contribution >= 4 is 0 Å². The van der Waals surface area contributed by atoms with Crippen LogP contribution in [-0.4, -0.2) is 0 Å². The SMILES string of the molecule is C[c-]1[c-](C)[c-](C)[c-](C)[c-]1C.C[c-]1cccc1.[Fe]. The Balaban J connectivity index is 0.000000316. The number of hydrogen-bond donors (Lipinski definition) is 0. The van der Waals surface area contributed by atoms with E-state index in [4.69, 9.17) is 0 Å². The fraction of sp³-hybridized carbons (Fsp3) is 0.375. The molecule has 0 nitrogen and oxygen atoms in total. The third-order valence-electron chi connectivity index (χ3n) is 3.64. The Morgan fingerprint density at radius 1 is 0.529 bits per heavy atom. The molecule has 17 heavy (non-hydrogen) atoms. The van der Waals surface area contributed by atoms with Gasteiger partial charge in [-0.25, -0.2) is 46.8 Å². The monoisotopic (exact) mass is 270 g/mol. The minimum Gasteiger partial charge on any atom is -0.731 e. The second-order valence-corrected chi connectivity index (χ2v) is 4.59. The van der Waals surface area contributed by atoms with Crippen molar-refractivity contribution in [3.05, 3.63) is 57.6 Å². The Morgan fingerprint density at radius 3 is 0.882 bits per heavy atom. The van der Waals surface area contributed by atoms with Crippen LogP contribution in [0.5, 0.6) is 0 Å². The summed E-state index contributed by atoms with van der Waals surface area (Å²) in [6.45, 7) is 13.1. The Bertz CT molecular complexity index is 364. The molecule has 0 spiro atoms. The molecule has 2 aromatic rings. The molecule has 0 aliphatic carbocycles. The smallest absolute Gasteiger partial charge is 0 e. The van der Waals surface area contributed by atoms with Crippen molar-refractivity contribution in [2.45, 2.75) is 41.5 Å². The molecule has 0 aliphatic heterocycles. The quantitative estimate of drug-likeness (QED) is 0.482. The molecule has 0 aromatic heterocycles. The van der Waals surface area contributed by atoms with E-state index < -0.39 is 0 Å². The van der Waals surface area contributed by atoms with Gasteiger partial charge in [-0.1, -0.05) is 6.92 Å². The molecule has 0 N–H and O–H groups in total. The minimum absolute atomic E-state index is 0. The molecule has 0 aliphatic rings. The van der Waals surface area contributed by atoms with E-state index in [2.05, 4.69) is 53.7 Å². The van der Waals surface area contributed by atoms with Gasteiger partial charge in [0.2, 0.25) is 0 Å². The first-order chi connectivity index (χ1) is 7.45. The van der Waals surface area contributed by atoms with Crippen LogP contribution in [0.25, 0.3) is 0 Å². The van der Waals surface area contributed by atoms with Crippen molar-refractivity contribution in [2.75, 3.05) is 0 Å². The van der Waals surface area contributed by atoms with Gasteiger partial charge in [-0.05, 0) is 0 Å². The van der Waals surface area contributed by atoms with E-state index >= 15 is 0 Å². The molecule has 0 saturated heterocycles. The Morgan fingerprint density at radius 2 is 0.765 bits per heavy atom. The van der Waals surface area contributed by atoms with Crippen molar-refractivity contribution in [2.24, 2.45) is 0 Å². The van der Waals surface area contributed by atoms with E-state index in [9.17, 15) is 0 Å². The van der Waals surface area contributed by atoms with Crippen LogP contribution in [-0.2, 0) is 17.1 Å². The average Bonchev–Trinajstić information content (AvgIpc) is 2.80. The fourth-order valence-electron chi connectivity index (χ4n) is 1.88. The number of aryl methyl sites for hydroxylation is 1. The summed E-state index contributed by atoms with van der Waals surface area (Å²) in [5, 5.41) is 0. The van der Waals surface area contributed by atoms with E-state index in [0.29, 0.717) is 0 Å². The van der Waals surface area contributed by atoms with Crippen LogP contribution < -0.4 is 0 Å². The molecule has 0 unspecified atom stereocenters. The van der Waals surface area contributed by atoms with Crippen molar-refractivity contribution < 1.29 is 17.1 Å². The summed E-state index contributed by atoms with van der Waals surface area (Å²) in [5.41, 5.74) is 8.68. The molecule has 0 saturated carbocycles. The minimum atomic E-state index is 0. The standard InChI is InChI=1S/C10H15.C6H7.Fe/c1-6-7(2)9(4)10(5)8(6)3;1-6-4-2-3-5-6;/h1-5H3;2-5H,1H3;/q-5;-1;. The van der Waals surface area contributed by atoms with Crippen molar-refractivity contribution in [3.8, 4) is 0 Å². The van der Waals surface area contributed by atoms with E-state index in [-0.39, 0.29) is 17.1 Å². The van der Waals surface area contributed by atoms with E-state index in [1.165, 1.54) is 33.4 Å². The van der Waals surface area contributed by atoms with Gasteiger partial charge in [0, 0.05) is 17.1 Å². The van der Waals surface area contributed by atoms with Gasteiger partial charge >= 0.3 is 0 Å². The summed E-state index contributed by atoms with van der Waals surface area (Å²) in [6.07, 6.45) is 0. The zero-order valence-electron chi connectivity index (χ0n) is 11.7. The summed E-state index contributed by atoms with van der Waals surface area (Å²) in [7, 11) is 0. The van der Waals surface area contributed by atoms with Gasteiger partial charge in [0.15, 0.2) is 0 Å². The number of rotatable bonds is 0. The number of hydrogen-bond acceptors (Lipinski definition) is 0. The van der Waals surface area contributed by atoms with Crippen LogP contribution in [0.3, 0.4) is 0 Å².